The maximum Gasteiger partial charge on any atom is 0.323 e. The van der Waals surface area contributed by atoms with Gasteiger partial charge in [0.1, 0.15) is 17.0 Å². The summed E-state index contributed by atoms with van der Waals surface area (Å²) in [5.74, 6) is 0.0443. The molecule has 0 atom stereocenters. The Bertz CT molecular complexity index is 1190. The van der Waals surface area contributed by atoms with Gasteiger partial charge in [-0.25, -0.2) is 14.8 Å². The molecule has 0 spiro atoms. The van der Waals surface area contributed by atoms with E-state index < -0.39 is 0 Å². The Morgan fingerprint density at radius 3 is 2.37 bits per heavy atom. The van der Waals surface area contributed by atoms with E-state index in [0.29, 0.717) is 33.7 Å². The number of hydrogen-bond acceptors (Lipinski definition) is 6. The minimum Gasteiger partial charge on any atom is -0.383 e. The van der Waals surface area contributed by atoms with Crippen molar-refractivity contribution in [2.45, 2.75) is 6.54 Å². The van der Waals surface area contributed by atoms with E-state index in [2.05, 4.69) is 25.9 Å². The van der Waals surface area contributed by atoms with Gasteiger partial charge < -0.3 is 21.7 Å². The molecule has 2 aromatic carbocycles. The third-order valence-corrected chi connectivity index (χ3v) is 5.23. The van der Waals surface area contributed by atoms with Gasteiger partial charge in [0, 0.05) is 23.3 Å². The summed E-state index contributed by atoms with van der Waals surface area (Å²) in [4.78, 5) is 33.4. The van der Waals surface area contributed by atoms with Crippen molar-refractivity contribution in [1.82, 2.24) is 15.3 Å². The quantitative estimate of drug-likeness (QED) is 0.392. The van der Waals surface area contributed by atoms with E-state index in [0.717, 1.165) is 5.56 Å². The summed E-state index contributed by atoms with van der Waals surface area (Å²) >= 11 is 1.35. The first kappa shape index (κ1) is 19.3. The molecule has 0 aliphatic heterocycles. The molecule has 2 aromatic heterocycles. The van der Waals surface area contributed by atoms with Crippen molar-refractivity contribution in [2.75, 3.05) is 16.4 Å². The zero-order valence-corrected chi connectivity index (χ0v) is 16.6. The first-order chi connectivity index (χ1) is 14.6. The highest BCUT2D eigenvalue weighted by molar-refractivity contribution is 7.17. The van der Waals surface area contributed by atoms with Crippen LogP contribution in [0, 0.1) is 0 Å². The zero-order chi connectivity index (χ0) is 20.9. The second-order valence-corrected chi connectivity index (χ2v) is 7.27. The molecule has 0 saturated carbocycles. The fourth-order valence-corrected chi connectivity index (χ4v) is 3.76. The Balaban J connectivity index is 1.34. The normalized spacial score (nSPS) is 10.5. The molecule has 4 aromatic rings. The molecule has 9 heteroatoms. The molecule has 150 valence electrons. The highest BCUT2D eigenvalue weighted by Crippen LogP contribution is 2.27. The number of hydrogen-bond donors (Lipinski definition) is 4. The van der Waals surface area contributed by atoms with Gasteiger partial charge in [0.05, 0.1) is 10.9 Å². The number of urea groups is 1. The number of para-hydroxylation sites is 1. The summed E-state index contributed by atoms with van der Waals surface area (Å²) in [5.41, 5.74) is 8.59. The first-order valence-corrected chi connectivity index (χ1v) is 9.96. The SMILES string of the molecule is Nc1ncnc2scc(C(=O)NCc3ccc(NC(=O)Nc4ccccc4)cc3)c12. The number of amides is 3. The van der Waals surface area contributed by atoms with Crippen LogP contribution >= 0.6 is 11.3 Å². The van der Waals surface area contributed by atoms with E-state index >= 15 is 0 Å². The van der Waals surface area contributed by atoms with Gasteiger partial charge in [-0.05, 0) is 29.8 Å². The molecule has 0 fully saturated rings. The summed E-state index contributed by atoms with van der Waals surface area (Å²) < 4.78 is 0. The first-order valence-electron chi connectivity index (χ1n) is 9.08. The number of thiophene rings is 1. The Morgan fingerprint density at radius 1 is 0.933 bits per heavy atom. The molecule has 3 amide bonds. The number of fused-ring (bicyclic) bond motifs is 1. The van der Waals surface area contributed by atoms with Crippen molar-refractivity contribution in [3.63, 3.8) is 0 Å². The maximum atomic E-state index is 12.6. The lowest BCUT2D eigenvalue weighted by Gasteiger charge is -2.09. The predicted molar refractivity (Wildman–Crippen MR) is 119 cm³/mol. The summed E-state index contributed by atoms with van der Waals surface area (Å²) in [5, 5.41) is 10.7. The average molecular weight is 418 g/mol. The molecule has 0 unspecified atom stereocenters. The van der Waals surface area contributed by atoms with Crippen LogP contribution in [0.25, 0.3) is 10.2 Å². The molecule has 30 heavy (non-hydrogen) atoms. The van der Waals surface area contributed by atoms with Gasteiger partial charge in [-0.1, -0.05) is 30.3 Å². The van der Waals surface area contributed by atoms with Gasteiger partial charge in [0.15, 0.2) is 0 Å². The topological polar surface area (TPSA) is 122 Å². The minimum atomic E-state index is -0.327. The van der Waals surface area contributed by atoms with Crippen LogP contribution in [-0.2, 0) is 6.54 Å². The molecule has 5 N–H and O–H groups in total. The van der Waals surface area contributed by atoms with Gasteiger partial charge >= 0.3 is 6.03 Å². The van der Waals surface area contributed by atoms with Crippen LogP contribution in [0.15, 0.2) is 66.3 Å². The standard InChI is InChI=1S/C21H18N6O2S/c22-18-17-16(11-30-20(17)25-12-24-18)19(28)23-10-13-6-8-15(9-7-13)27-21(29)26-14-4-2-1-3-5-14/h1-9,11-12H,10H2,(H,23,28)(H2,22,24,25)(H2,26,27,29). The number of nitrogens with two attached hydrogens (primary N) is 1. The van der Waals surface area contributed by atoms with Crippen LogP contribution in [-0.4, -0.2) is 21.9 Å². The number of benzene rings is 2. The van der Waals surface area contributed by atoms with Crippen molar-refractivity contribution in [3.8, 4) is 0 Å². The fourth-order valence-electron chi connectivity index (χ4n) is 2.86. The third-order valence-electron chi connectivity index (χ3n) is 4.34. The Hall–Kier alpha value is -3.98. The van der Waals surface area contributed by atoms with Crippen molar-refractivity contribution >= 4 is 50.7 Å². The van der Waals surface area contributed by atoms with E-state index in [9.17, 15) is 9.59 Å². The van der Waals surface area contributed by atoms with Gasteiger partial charge in [0.25, 0.3) is 5.91 Å². The number of nitrogens with one attached hydrogen (secondary N) is 3. The van der Waals surface area contributed by atoms with Crippen molar-refractivity contribution < 1.29 is 9.59 Å². The van der Waals surface area contributed by atoms with E-state index in [1.165, 1.54) is 17.7 Å². The second kappa shape index (κ2) is 8.58. The summed E-state index contributed by atoms with van der Waals surface area (Å²) in [7, 11) is 0. The zero-order valence-electron chi connectivity index (χ0n) is 15.8. The van der Waals surface area contributed by atoms with Gasteiger partial charge in [-0.3, -0.25) is 4.79 Å². The molecule has 0 aliphatic rings. The van der Waals surface area contributed by atoms with Gasteiger partial charge in [-0.2, -0.15) is 0 Å². The molecule has 0 aliphatic carbocycles. The molecular formula is C21H18N6O2S. The molecule has 2 heterocycles. The second-order valence-electron chi connectivity index (χ2n) is 6.41. The number of carbonyl (C=O) groups is 2. The molecule has 8 nitrogen and oxygen atoms in total. The smallest absolute Gasteiger partial charge is 0.323 e. The minimum absolute atomic E-state index is 0.243. The maximum absolute atomic E-state index is 12.6. The number of anilines is 3. The van der Waals surface area contributed by atoms with Gasteiger partial charge in [0.2, 0.25) is 0 Å². The van der Waals surface area contributed by atoms with Crippen molar-refractivity contribution in [2.24, 2.45) is 0 Å². The number of aromatic nitrogens is 2. The molecule has 4 rings (SSSR count). The Kier molecular flexibility index (Phi) is 5.53. The van der Waals surface area contributed by atoms with E-state index in [1.807, 2.05) is 42.5 Å². The number of rotatable bonds is 5. The van der Waals surface area contributed by atoms with Crippen LogP contribution in [0.3, 0.4) is 0 Å². The number of carbonyl (C=O) groups excluding carboxylic acids is 2. The number of nitrogens with zero attached hydrogens (tertiary/aromatic N) is 2. The Labute approximate surface area is 176 Å². The van der Waals surface area contributed by atoms with E-state index in [1.54, 1.807) is 17.5 Å². The van der Waals surface area contributed by atoms with Gasteiger partial charge in [-0.15, -0.1) is 11.3 Å². The van der Waals surface area contributed by atoms with E-state index in [-0.39, 0.29) is 17.8 Å². The lowest BCUT2D eigenvalue weighted by Crippen LogP contribution is -2.23. The van der Waals surface area contributed by atoms with Crippen molar-refractivity contribution in [3.05, 3.63) is 77.4 Å². The predicted octanol–water partition coefficient (Wildman–Crippen LogP) is 3.85. The summed E-state index contributed by atoms with van der Waals surface area (Å²) in [6.07, 6.45) is 1.38. The highest BCUT2D eigenvalue weighted by Gasteiger charge is 2.15. The van der Waals surface area contributed by atoms with Crippen LogP contribution < -0.4 is 21.7 Å². The molecule has 0 saturated heterocycles. The third kappa shape index (κ3) is 4.36. The lowest BCUT2D eigenvalue weighted by molar-refractivity contribution is 0.0953. The van der Waals surface area contributed by atoms with Crippen LogP contribution in [0.2, 0.25) is 0 Å². The lowest BCUT2D eigenvalue weighted by atomic mass is 10.2. The fraction of sp³-hybridized carbons (Fsp3) is 0.0476. The Morgan fingerprint density at radius 2 is 1.63 bits per heavy atom. The van der Waals surface area contributed by atoms with Crippen LogP contribution in [0.5, 0.6) is 0 Å². The van der Waals surface area contributed by atoms with Crippen molar-refractivity contribution in [1.29, 1.82) is 0 Å². The van der Waals surface area contributed by atoms with Crippen LogP contribution in [0.4, 0.5) is 22.0 Å². The summed E-state index contributed by atoms with van der Waals surface area (Å²) in [6.45, 7) is 0.334. The van der Waals surface area contributed by atoms with Crippen LogP contribution in [0.1, 0.15) is 15.9 Å². The average Bonchev–Trinajstić information content (AvgIpc) is 3.19. The summed E-state index contributed by atoms with van der Waals surface area (Å²) in [6, 6.07) is 16.1. The highest BCUT2D eigenvalue weighted by atomic mass is 32.1. The monoisotopic (exact) mass is 418 g/mol. The van der Waals surface area contributed by atoms with E-state index in [4.69, 9.17) is 5.73 Å². The molecular weight excluding hydrogens is 400 g/mol. The number of nitrogen functional groups attached to an aromatic ring is 1. The largest absolute Gasteiger partial charge is 0.383 e. The molecule has 0 bridgehead atoms. The molecule has 0 radical (unpaired) electrons.